The lowest BCUT2D eigenvalue weighted by Gasteiger charge is -2.43. The molecule has 0 aromatic rings. The molecule has 4 amide bonds. The van der Waals surface area contributed by atoms with Gasteiger partial charge in [-0.3, -0.25) is 24.0 Å². The number of ether oxygens (including phenoxy) is 2. The van der Waals surface area contributed by atoms with Crippen molar-refractivity contribution in [2.24, 2.45) is 5.73 Å². The van der Waals surface area contributed by atoms with Crippen LogP contribution < -0.4 is 21.7 Å². The summed E-state index contributed by atoms with van der Waals surface area (Å²) in [5.74, 6) is -4.34. The van der Waals surface area contributed by atoms with E-state index >= 15 is 0 Å². The summed E-state index contributed by atoms with van der Waals surface area (Å²) in [4.78, 5) is 58.4. The second-order valence-corrected chi connectivity index (χ2v) is 7.83. The van der Waals surface area contributed by atoms with E-state index in [2.05, 4.69) is 16.0 Å². The van der Waals surface area contributed by atoms with Gasteiger partial charge >= 0.3 is 5.97 Å². The van der Waals surface area contributed by atoms with E-state index in [-0.39, 0.29) is 6.42 Å². The number of hydrogen-bond acceptors (Lipinski definition) is 10. The Balaban J connectivity index is 2.80. The van der Waals surface area contributed by atoms with E-state index in [0.29, 0.717) is 0 Å². The smallest absolute Gasteiger partial charge is 0.303 e. The number of carbonyl (C=O) groups is 5. The number of carbonyl (C=O) groups excluding carboxylic acids is 4. The van der Waals surface area contributed by atoms with Crippen molar-refractivity contribution in [3.05, 3.63) is 0 Å². The molecule has 8 atom stereocenters. The van der Waals surface area contributed by atoms with Crippen molar-refractivity contribution in [1.82, 2.24) is 16.0 Å². The van der Waals surface area contributed by atoms with Crippen molar-refractivity contribution in [3.63, 3.8) is 0 Å². The number of amides is 4. The van der Waals surface area contributed by atoms with Crippen LogP contribution in [0.25, 0.3) is 0 Å². The molecule has 15 nitrogen and oxygen atoms in total. The normalized spacial score (nSPS) is 27.1. The molecule has 1 fully saturated rings. The third-order valence-electron chi connectivity index (χ3n) is 5.03. The first-order chi connectivity index (χ1) is 15.8. The fraction of sp³-hybridized carbons (Fsp3) is 0.737. The summed E-state index contributed by atoms with van der Waals surface area (Å²) >= 11 is 0. The van der Waals surface area contributed by atoms with Gasteiger partial charge in [-0.05, 0) is 20.3 Å². The molecule has 194 valence electrons. The maximum absolute atomic E-state index is 12.5. The predicted molar refractivity (Wildman–Crippen MR) is 112 cm³/mol. The van der Waals surface area contributed by atoms with Crippen molar-refractivity contribution < 1.29 is 53.9 Å². The van der Waals surface area contributed by atoms with Crippen LogP contribution >= 0.6 is 0 Å². The lowest BCUT2D eigenvalue weighted by Crippen LogP contribution is -2.65. The molecule has 0 spiro atoms. The molecule has 1 heterocycles. The lowest BCUT2D eigenvalue weighted by molar-refractivity contribution is -0.266. The van der Waals surface area contributed by atoms with Crippen molar-refractivity contribution >= 4 is 29.6 Å². The van der Waals surface area contributed by atoms with Gasteiger partial charge in [0.25, 0.3) is 0 Å². The molecule has 0 saturated carbocycles. The average Bonchev–Trinajstić information content (AvgIpc) is 2.74. The fourth-order valence-electron chi connectivity index (χ4n) is 3.18. The number of aliphatic hydroxyl groups is 3. The second kappa shape index (κ2) is 13.1. The maximum Gasteiger partial charge on any atom is 0.303 e. The van der Waals surface area contributed by atoms with E-state index in [4.69, 9.17) is 20.3 Å². The number of carboxylic acids is 1. The summed E-state index contributed by atoms with van der Waals surface area (Å²) in [6.45, 7) is 3.06. The Kier molecular flexibility index (Phi) is 11.3. The van der Waals surface area contributed by atoms with Crippen LogP contribution in [-0.2, 0) is 33.4 Å². The molecular formula is C19H32N4O11. The van der Waals surface area contributed by atoms with E-state index < -0.39 is 91.5 Å². The van der Waals surface area contributed by atoms with E-state index in [9.17, 15) is 39.3 Å². The SMILES string of the molecule is CC(=O)NC1[C@@H](O[C@@H](C)C(=O)N[C@@H](C)C(=O)N[C@@H](CCC(=O)O)C(N)=O)[C@H](O)C(CO)O[C@@H]1O. The summed E-state index contributed by atoms with van der Waals surface area (Å²) < 4.78 is 10.6. The minimum Gasteiger partial charge on any atom is -0.481 e. The molecule has 1 saturated heterocycles. The van der Waals surface area contributed by atoms with Crippen LogP contribution in [0.1, 0.15) is 33.6 Å². The van der Waals surface area contributed by atoms with Crippen molar-refractivity contribution in [3.8, 4) is 0 Å². The molecule has 0 aliphatic carbocycles. The van der Waals surface area contributed by atoms with Crippen LogP contribution in [0.5, 0.6) is 0 Å². The van der Waals surface area contributed by atoms with Crippen LogP contribution in [0.4, 0.5) is 0 Å². The number of rotatable bonds is 12. The number of aliphatic carboxylic acids is 1. The molecule has 0 bridgehead atoms. The van der Waals surface area contributed by atoms with Gasteiger partial charge in [0.2, 0.25) is 23.6 Å². The maximum atomic E-state index is 12.5. The standard InChI is InChI=1S/C19H32N4O11/c1-7(17(30)23-10(16(20)29)4-5-12(26)27)21-18(31)8(2)33-15-13(22-9(3)25)19(32)34-11(6-24)14(15)28/h7-8,10-11,13-15,19,24,28,32H,4-6H2,1-3H3,(H2,20,29)(H,21,31)(H,22,25)(H,23,30)(H,26,27)/t7-,8-,10-,11?,13?,14+,15+,19-/m0/s1. The van der Waals surface area contributed by atoms with Crippen LogP contribution in [0.2, 0.25) is 0 Å². The van der Waals surface area contributed by atoms with Gasteiger partial charge in [0.15, 0.2) is 6.29 Å². The Morgan fingerprint density at radius 3 is 2.21 bits per heavy atom. The Labute approximate surface area is 195 Å². The minimum absolute atomic E-state index is 0.239. The zero-order valence-electron chi connectivity index (χ0n) is 19.0. The minimum atomic E-state index is -1.65. The highest BCUT2D eigenvalue weighted by Gasteiger charge is 2.47. The van der Waals surface area contributed by atoms with Crippen molar-refractivity contribution in [2.75, 3.05) is 6.61 Å². The first-order valence-electron chi connectivity index (χ1n) is 10.4. The summed E-state index contributed by atoms with van der Waals surface area (Å²) in [6.07, 6.45) is -7.74. The van der Waals surface area contributed by atoms with E-state index in [0.717, 1.165) is 6.92 Å². The Morgan fingerprint density at radius 2 is 1.71 bits per heavy atom. The molecule has 1 aliphatic heterocycles. The first kappa shape index (κ1) is 29.2. The molecule has 1 rings (SSSR count). The topological polar surface area (TPSA) is 247 Å². The van der Waals surface area contributed by atoms with Crippen molar-refractivity contribution in [1.29, 1.82) is 0 Å². The number of aliphatic hydroxyl groups excluding tert-OH is 3. The van der Waals surface area contributed by atoms with Crippen LogP contribution in [-0.4, -0.2) is 105 Å². The van der Waals surface area contributed by atoms with Crippen molar-refractivity contribution in [2.45, 2.75) is 82.4 Å². The van der Waals surface area contributed by atoms with Gasteiger partial charge in [-0.1, -0.05) is 0 Å². The number of nitrogens with one attached hydrogen (secondary N) is 3. The van der Waals surface area contributed by atoms with Crippen LogP contribution in [0.15, 0.2) is 0 Å². The molecule has 34 heavy (non-hydrogen) atoms. The average molecular weight is 492 g/mol. The molecule has 0 radical (unpaired) electrons. The summed E-state index contributed by atoms with van der Waals surface area (Å²) in [7, 11) is 0. The third-order valence-corrected chi connectivity index (χ3v) is 5.03. The number of primary amides is 1. The van der Waals surface area contributed by atoms with Gasteiger partial charge < -0.3 is 51.6 Å². The van der Waals surface area contributed by atoms with E-state index in [1.807, 2.05) is 0 Å². The van der Waals surface area contributed by atoms with Gasteiger partial charge in [0.05, 0.1) is 6.61 Å². The van der Waals surface area contributed by atoms with E-state index in [1.165, 1.54) is 13.8 Å². The highest BCUT2D eigenvalue weighted by molar-refractivity contribution is 5.92. The summed E-state index contributed by atoms with van der Waals surface area (Å²) in [6, 6.07) is -3.71. The highest BCUT2D eigenvalue weighted by Crippen LogP contribution is 2.23. The molecule has 0 aromatic heterocycles. The number of carboxylic acid groups (broad SMARTS) is 1. The van der Waals surface area contributed by atoms with E-state index in [1.54, 1.807) is 0 Å². The lowest BCUT2D eigenvalue weighted by atomic mass is 9.96. The molecule has 0 aromatic carbocycles. The molecule has 2 unspecified atom stereocenters. The second-order valence-electron chi connectivity index (χ2n) is 7.83. The zero-order valence-corrected chi connectivity index (χ0v) is 19.0. The molecule has 15 heteroatoms. The highest BCUT2D eigenvalue weighted by atomic mass is 16.6. The Bertz CT molecular complexity index is 765. The van der Waals surface area contributed by atoms with Gasteiger partial charge in [-0.2, -0.15) is 0 Å². The van der Waals surface area contributed by atoms with Gasteiger partial charge in [0, 0.05) is 13.3 Å². The van der Waals surface area contributed by atoms with Crippen LogP contribution in [0, 0.1) is 0 Å². The summed E-state index contributed by atoms with van der Waals surface area (Å²) in [5.41, 5.74) is 5.16. The van der Waals surface area contributed by atoms with Gasteiger partial charge in [-0.25, -0.2) is 0 Å². The number of hydrogen-bond donors (Lipinski definition) is 8. The predicted octanol–water partition coefficient (Wildman–Crippen LogP) is -4.33. The summed E-state index contributed by atoms with van der Waals surface area (Å²) in [5, 5.41) is 45.5. The Hall–Kier alpha value is -2.85. The van der Waals surface area contributed by atoms with Crippen LogP contribution in [0.3, 0.4) is 0 Å². The van der Waals surface area contributed by atoms with Gasteiger partial charge in [-0.15, -0.1) is 0 Å². The molecule has 9 N–H and O–H groups in total. The first-order valence-corrected chi connectivity index (χ1v) is 10.4. The Morgan fingerprint density at radius 1 is 1.09 bits per heavy atom. The number of nitrogens with two attached hydrogens (primary N) is 1. The quantitative estimate of drug-likeness (QED) is 0.129. The molecule has 1 aliphatic rings. The fourth-order valence-corrected chi connectivity index (χ4v) is 3.18. The monoisotopic (exact) mass is 492 g/mol. The van der Waals surface area contributed by atoms with Gasteiger partial charge in [0.1, 0.15) is 42.5 Å². The third kappa shape index (κ3) is 8.49. The largest absolute Gasteiger partial charge is 0.481 e. The molecular weight excluding hydrogens is 460 g/mol. The zero-order chi connectivity index (χ0) is 26.2.